The molecule has 1 aromatic carbocycles. The van der Waals surface area contributed by atoms with Gasteiger partial charge >= 0.3 is 5.97 Å². The van der Waals surface area contributed by atoms with Gasteiger partial charge < -0.3 is 10.1 Å². The molecular formula is C14H11N3O2. The number of aromatic nitrogens is 3. The maximum absolute atomic E-state index is 10.8. The molecule has 19 heavy (non-hydrogen) atoms. The predicted molar refractivity (Wildman–Crippen MR) is 70.7 cm³/mol. The summed E-state index contributed by atoms with van der Waals surface area (Å²) < 4.78 is 0. The summed E-state index contributed by atoms with van der Waals surface area (Å²) in [5, 5.41) is 9.82. The number of H-pyrrole nitrogens is 1. The van der Waals surface area contributed by atoms with E-state index in [-0.39, 0.29) is 6.42 Å². The van der Waals surface area contributed by atoms with Crippen molar-refractivity contribution in [1.29, 1.82) is 0 Å². The van der Waals surface area contributed by atoms with E-state index in [1.54, 1.807) is 18.6 Å². The lowest BCUT2D eigenvalue weighted by Gasteiger charge is -2.01. The normalized spacial score (nSPS) is 10.7. The van der Waals surface area contributed by atoms with E-state index in [0.29, 0.717) is 0 Å². The van der Waals surface area contributed by atoms with E-state index < -0.39 is 5.97 Å². The fourth-order valence-corrected chi connectivity index (χ4v) is 2.12. The number of aromatic amines is 1. The summed E-state index contributed by atoms with van der Waals surface area (Å²) in [4.78, 5) is 21.9. The second-order valence-electron chi connectivity index (χ2n) is 4.27. The maximum atomic E-state index is 10.8. The second-order valence-corrected chi connectivity index (χ2v) is 4.27. The molecule has 0 radical (unpaired) electrons. The van der Waals surface area contributed by atoms with E-state index in [0.717, 1.165) is 27.6 Å². The second kappa shape index (κ2) is 4.53. The highest BCUT2D eigenvalue weighted by molar-refractivity contribution is 5.90. The van der Waals surface area contributed by atoms with Crippen LogP contribution in [0.3, 0.4) is 0 Å². The zero-order chi connectivity index (χ0) is 13.2. The topological polar surface area (TPSA) is 78.9 Å². The Morgan fingerprint density at radius 1 is 1.21 bits per heavy atom. The Hall–Kier alpha value is -2.69. The van der Waals surface area contributed by atoms with Gasteiger partial charge in [0.25, 0.3) is 0 Å². The average Bonchev–Trinajstić information content (AvgIpc) is 2.82. The number of rotatable bonds is 3. The van der Waals surface area contributed by atoms with Crippen LogP contribution in [0, 0.1) is 0 Å². The molecule has 3 rings (SSSR count). The highest BCUT2D eigenvalue weighted by Crippen LogP contribution is 2.25. The minimum atomic E-state index is -0.839. The molecule has 2 aromatic heterocycles. The summed E-state index contributed by atoms with van der Waals surface area (Å²) in [6.07, 6.45) is 6.70. The number of nitrogens with one attached hydrogen (secondary N) is 1. The van der Waals surface area contributed by atoms with Gasteiger partial charge in [-0.1, -0.05) is 6.07 Å². The largest absolute Gasteiger partial charge is 0.481 e. The van der Waals surface area contributed by atoms with Crippen molar-refractivity contribution < 1.29 is 9.90 Å². The van der Waals surface area contributed by atoms with Crippen LogP contribution in [-0.4, -0.2) is 26.0 Å². The minimum absolute atomic E-state index is 0.00867. The third-order valence-electron chi connectivity index (χ3n) is 3.00. The van der Waals surface area contributed by atoms with Crippen molar-refractivity contribution >= 4 is 16.9 Å². The highest BCUT2D eigenvalue weighted by atomic mass is 16.4. The number of carboxylic acids is 1. The first-order valence-electron chi connectivity index (χ1n) is 5.81. The van der Waals surface area contributed by atoms with Crippen LogP contribution >= 0.6 is 0 Å². The molecule has 0 aliphatic heterocycles. The van der Waals surface area contributed by atoms with Crippen molar-refractivity contribution in [3.05, 3.63) is 48.7 Å². The molecular weight excluding hydrogens is 242 g/mol. The summed E-state index contributed by atoms with van der Waals surface area (Å²) in [7, 11) is 0. The Bertz CT molecular complexity index is 735. The molecule has 0 bridgehead atoms. The van der Waals surface area contributed by atoms with E-state index in [4.69, 9.17) is 5.11 Å². The molecule has 5 heteroatoms. The van der Waals surface area contributed by atoms with Gasteiger partial charge in [0.2, 0.25) is 0 Å². The average molecular weight is 253 g/mol. The maximum Gasteiger partial charge on any atom is 0.307 e. The lowest BCUT2D eigenvalue weighted by molar-refractivity contribution is -0.136. The summed E-state index contributed by atoms with van der Waals surface area (Å²) in [5.74, 6) is -0.839. The summed E-state index contributed by atoms with van der Waals surface area (Å²) in [6, 6.07) is 5.86. The molecule has 0 spiro atoms. The van der Waals surface area contributed by atoms with E-state index in [9.17, 15) is 4.79 Å². The van der Waals surface area contributed by atoms with Gasteiger partial charge in [-0.2, -0.15) is 0 Å². The Balaban J connectivity index is 2.11. The first-order valence-corrected chi connectivity index (χ1v) is 5.81. The van der Waals surface area contributed by atoms with E-state index >= 15 is 0 Å². The predicted octanol–water partition coefficient (Wildman–Crippen LogP) is 2.25. The lowest BCUT2D eigenvalue weighted by Crippen LogP contribution is -1.98. The molecule has 3 aromatic rings. The molecule has 5 nitrogen and oxygen atoms in total. The van der Waals surface area contributed by atoms with Crippen LogP contribution in [0.1, 0.15) is 5.56 Å². The van der Waals surface area contributed by atoms with Crippen molar-refractivity contribution in [2.24, 2.45) is 0 Å². The SMILES string of the molecule is O=C(O)Cc1c[nH]c2ccc(-c3cncnc3)cc12. The summed E-state index contributed by atoms with van der Waals surface area (Å²) in [5.41, 5.74) is 3.59. The zero-order valence-corrected chi connectivity index (χ0v) is 10.00. The monoisotopic (exact) mass is 253 g/mol. The Morgan fingerprint density at radius 3 is 2.74 bits per heavy atom. The van der Waals surface area contributed by atoms with Gasteiger partial charge in [-0.25, -0.2) is 9.97 Å². The van der Waals surface area contributed by atoms with Crippen LogP contribution in [0.25, 0.3) is 22.0 Å². The summed E-state index contributed by atoms with van der Waals surface area (Å²) in [6.45, 7) is 0. The molecule has 0 aliphatic carbocycles. The molecule has 0 saturated carbocycles. The van der Waals surface area contributed by atoms with E-state index in [2.05, 4.69) is 15.0 Å². The molecule has 0 unspecified atom stereocenters. The van der Waals surface area contributed by atoms with Gasteiger partial charge in [0.05, 0.1) is 6.42 Å². The number of aliphatic carboxylic acids is 1. The molecule has 2 heterocycles. The van der Waals surface area contributed by atoms with Crippen molar-refractivity contribution in [2.45, 2.75) is 6.42 Å². The molecule has 94 valence electrons. The zero-order valence-electron chi connectivity index (χ0n) is 10.00. The Morgan fingerprint density at radius 2 is 2.00 bits per heavy atom. The Kier molecular flexibility index (Phi) is 2.72. The standard InChI is InChI=1S/C14H11N3O2/c18-14(19)4-10-7-17-13-2-1-9(3-12(10)13)11-5-15-8-16-6-11/h1-3,5-8,17H,4H2,(H,18,19). The van der Waals surface area contributed by atoms with Crippen LogP contribution in [0.4, 0.5) is 0 Å². The van der Waals surface area contributed by atoms with Crippen LogP contribution in [0.15, 0.2) is 43.1 Å². The van der Waals surface area contributed by atoms with Crippen LogP contribution in [-0.2, 0) is 11.2 Å². The first kappa shape index (κ1) is 11.4. The van der Waals surface area contributed by atoms with Crippen LogP contribution < -0.4 is 0 Å². The van der Waals surface area contributed by atoms with Crippen LogP contribution in [0.5, 0.6) is 0 Å². The van der Waals surface area contributed by atoms with Gasteiger partial charge in [-0.15, -0.1) is 0 Å². The third-order valence-corrected chi connectivity index (χ3v) is 3.00. The van der Waals surface area contributed by atoms with Crippen molar-refractivity contribution in [3.63, 3.8) is 0 Å². The minimum Gasteiger partial charge on any atom is -0.481 e. The smallest absolute Gasteiger partial charge is 0.307 e. The molecule has 0 atom stereocenters. The molecule has 0 aliphatic rings. The fourth-order valence-electron chi connectivity index (χ4n) is 2.12. The third kappa shape index (κ3) is 2.18. The van der Waals surface area contributed by atoms with E-state index in [1.807, 2.05) is 18.2 Å². The van der Waals surface area contributed by atoms with Crippen molar-refractivity contribution in [2.75, 3.05) is 0 Å². The van der Waals surface area contributed by atoms with E-state index in [1.165, 1.54) is 6.33 Å². The molecule has 2 N–H and O–H groups in total. The van der Waals surface area contributed by atoms with Crippen molar-refractivity contribution in [1.82, 2.24) is 15.0 Å². The molecule has 0 fully saturated rings. The van der Waals surface area contributed by atoms with Crippen LogP contribution in [0.2, 0.25) is 0 Å². The van der Waals surface area contributed by atoms with Gasteiger partial charge in [0, 0.05) is 35.1 Å². The molecule has 0 saturated heterocycles. The number of fused-ring (bicyclic) bond motifs is 1. The highest BCUT2D eigenvalue weighted by Gasteiger charge is 2.09. The van der Waals surface area contributed by atoms with Gasteiger partial charge in [-0.3, -0.25) is 4.79 Å². The number of hydrogen-bond acceptors (Lipinski definition) is 3. The van der Waals surface area contributed by atoms with Gasteiger partial charge in [-0.05, 0) is 23.3 Å². The fraction of sp³-hybridized carbons (Fsp3) is 0.0714. The molecule has 0 amide bonds. The number of hydrogen-bond donors (Lipinski definition) is 2. The van der Waals surface area contributed by atoms with Gasteiger partial charge in [0.15, 0.2) is 0 Å². The number of nitrogens with zero attached hydrogens (tertiary/aromatic N) is 2. The van der Waals surface area contributed by atoms with Gasteiger partial charge in [0.1, 0.15) is 6.33 Å². The number of benzene rings is 1. The number of carbonyl (C=O) groups is 1. The van der Waals surface area contributed by atoms with Crippen molar-refractivity contribution in [3.8, 4) is 11.1 Å². The Labute approximate surface area is 109 Å². The number of carboxylic acid groups (broad SMARTS) is 1. The quantitative estimate of drug-likeness (QED) is 0.750. The first-order chi connectivity index (χ1) is 9.24. The lowest BCUT2D eigenvalue weighted by atomic mass is 10.0. The summed E-state index contributed by atoms with van der Waals surface area (Å²) >= 11 is 0.